The topological polar surface area (TPSA) is 50.9 Å². The van der Waals surface area contributed by atoms with Gasteiger partial charge < -0.3 is 11.1 Å². The Balaban J connectivity index is 2.01. The maximum atomic E-state index is 5.99. The van der Waals surface area contributed by atoms with Crippen LogP contribution in [0.5, 0.6) is 0 Å². The molecule has 0 saturated heterocycles. The van der Waals surface area contributed by atoms with Crippen molar-refractivity contribution in [1.29, 1.82) is 0 Å². The number of rotatable bonds is 8. The molecule has 3 N–H and O–H groups in total. The molecule has 1 fully saturated rings. The van der Waals surface area contributed by atoms with Crippen molar-refractivity contribution < 1.29 is 0 Å². The molecule has 0 aromatic carbocycles. The molecule has 4 heteroatoms. The number of hydrogen-bond donors (Lipinski definition) is 2. The summed E-state index contributed by atoms with van der Waals surface area (Å²) in [4.78, 5) is 0. The van der Waals surface area contributed by atoms with E-state index in [1.165, 1.54) is 55.5 Å². The van der Waals surface area contributed by atoms with Crippen molar-refractivity contribution in [2.45, 2.75) is 70.8 Å². The third kappa shape index (κ3) is 3.37. The summed E-state index contributed by atoms with van der Waals surface area (Å²) < 4.78 is 4.33. The average molecular weight is 267 g/mol. The van der Waals surface area contributed by atoms with E-state index < -0.39 is 0 Å². The number of nitrogens with two attached hydrogens (primary N) is 1. The molecule has 1 unspecified atom stereocenters. The van der Waals surface area contributed by atoms with E-state index in [4.69, 9.17) is 5.73 Å². The summed E-state index contributed by atoms with van der Waals surface area (Å²) in [6.07, 6.45) is 8.85. The molecule has 0 spiro atoms. The molecular weight excluding hydrogens is 242 g/mol. The molecule has 1 aromatic heterocycles. The van der Waals surface area contributed by atoms with E-state index in [2.05, 4.69) is 23.5 Å². The molecule has 1 saturated carbocycles. The minimum atomic E-state index is 0.590. The molecule has 1 heterocycles. The highest BCUT2D eigenvalue weighted by Gasteiger charge is 2.31. The highest BCUT2D eigenvalue weighted by molar-refractivity contribution is 7.10. The van der Waals surface area contributed by atoms with Crippen LogP contribution < -0.4 is 11.1 Å². The summed E-state index contributed by atoms with van der Waals surface area (Å²) in [7, 11) is 0. The molecule has 0 aliphatic heterocycles. The largest absolute Gasteiger partial charge is 0.383 e. The van der Waals surface area contributed by atoms with Gasteiger partial charge in [0.15, 0.2) is 0 Å². The number of nitrogens with zero attached hydrogens (tertiary/aromatic N) is 1. The normalized spacial score (nSPS) is 16.8. The first-order valence-electron chi connectivity index (χ1n) is 7.27. The molecule has 18 heavy (non-hydrogen) atoms. The second-order valence-electron chi connectivity index (χ2n) is 5.36. The number of hydrogen-bond acceptors (Lipinski definition) is 4. The Morgan fingerprint density at radius 2 is 2.11 bits per heavy atom. The molecule has 0 bridgehead atoms. The summed E-state index contributed by atoms with van der Waals surface area (Å²) in [6.45, 7) is 4.51. The van der Waals surface area contributed by atoms with Crippen LogP contribution in [0.4, 0.5) is 10.8 Å². The molecule has 0 radical (unpaired) electrons. The van der Waals surface area contributed by atoms with E-state index >= 15 is 0 Å². The number of unbranched alkanes of at least 4 members (excludes halogenated alkanes) is 1. The summed E-state index contributed by atoms with van der Waals surface area (Å²) >= 11 is 1.55. The Labute approximate surface area is 114 Å². The Morgan fingerprint density at radius 1 is 1.33 bits per heavy atom. The van der Waals surface area contributed by atoms with Crippen molar-refractivity contribution in [1.82, 2.24) is 4.37 Å². The number of nitrogens with one attached hydrogen (secondary N) is 1. The predicted molar refractivity (Wildman–Crippen MR) is 80.3 cm³/mol. The van der Waals surface area contributed by atoms with Gasteiger partial charge in [-0.2, -0.15) is 4.37 Å². The lowest BCUT2D eigenvalue weighted by Gasteiger charge is -2.18. The third-order valence-electron chi connectivity index (χ3n) is 3.62. The first kappa shape index (κ1) is 13.7. The van der Waals surface area contributed by atoms with E-state index in [9.17, 15) is 0 Å². The first-order valence-corrected chi connectivity index (χ1v) is 8.05. The van der Waals surface area contributed by atoms with Gasteiger partial charge in [0, 0.05) is 11.6 Å². The second-order valence-corrected chi connectivity index (χ2v) is 6.13. The highest BCUT2D eigenvalue weighted by atomic mass is 32.1. The summed E-state index contributed by atoms with van der Waals surface area (Å²) in [5.74, 6) is 1.44. The third-order valence-corrected chi connectivity index (χ3v) is 4.43. The molecule has 1 atom stereocenters. The van der Waals surface area contributed by atoms with Crippen molar-refractivity contribution in [3.8, 4) is 0 Å². The fourth-order valence-corrected chi connectivity index (χ4v) is 3.33. The molecule has 3 nitrogen and oxygen atoms in total. The van der Waals surface area contributed by atoms with Gasteiger partial charge in [0.05, 0.1) is 0 Å². The van der Waals surface area contributed by atoms with Crippen molar-refractivity contribution in [2.75, 3.05) is 11.1 Å². The summed E-state index contributed by atoms with van der Waals surface area (Å²) in [5.41, 5.74) is 7.29. The van der Waals surface area contributed by atoms with Gasteiger partial charge in [0.2, 0.25) is 0 Å². The second kappa shape index (κ2) is 6.41. The minimum absolute atomic E-state index is 0.590. The van der Waals surface area contributed by atoms with Gasteiger partial charge in [-0.05, 0) is 43.1 Å². The zero-order valence-electron chi connectivity index (χ0n) is 11.5. The standard InChI is InChI=1S/C14H25N3S/c1-3-5-7-11(6-4-2)16-14-12(10-8-9-10)13(15)17-18-14/h10-11,16H,3-9H2,1-2H3,(H2,15,17). The predicted octanol–water partition coefficient (Wildman–Crippen LogP) is 4.37. The molecule has 0 amide bonds. The first-order chi connectivity index (χ1) is 8.76. The molecule has 1 aliphatic carbocycles. The number of aromatic nitrogens is 1. The van der Waals surface area contributed by atoms with Gasteiger partial charge in [-0.25, -0.2) is 0 Å². The number of nitrogen functional groups attached to an aromatic ring is 1. The van der Waals surface area contributed by atoms with Crippen LogP contribution in [0.3, 0.4) is 0 Å². The summed E-state index contributed by atoms with van der Waals surface area (Å²) in [5, 5.41) is 4.94. The van der Waals surface area contributed by atoms with Crippen LogP contribution in [0.25, 0.3) is 0 Å². The van der Waals surface area contributed by atoms with Crippen LogP contribution in [0.1, 0.15) is 70.3 Å². The zero-order chi connectivity index (χ0) is 13.0. The lowest BCUT2D eigenvalue weighted by molar-refractivity contribution is 0.565. The van der Waals surface area contributed by atoms with E-state index in [1.807, 2.05) is 0 Å². The highest BCUT2D eigenvalue weighted by Crippen LogP contribution is 2.47. The quantitative estimate of drug-likeness (QED) is 0.735. The van der Waals surface area contributed by atoms with Gasteiger partial charge in [0.1, 0.15) is 10.8 Å². The smallest absolute Gasteiger partial charge is 0.142 e. The van der Waals surface area contributed by atoms with Crippen molar-refractivity contribution in [3.63, 3.8) is 0 Å². The van der Waals surface area contributed by atoms with Gasteiger partial charge >= 0.3 is 0 Å². The maximum absolute atomic E-state index is 5.99. The Bertz CT molecular complexity index is 371. The molecule has 2 rings (SSSR count). The van der Waals surface area contributed by atoms with Crippen LogP contribution in [0, 0.1) is 0 Å². The van der Waals surface area contributed by atoms with Crippen LogP contribution in [0.15, 0.2) is 0 Å². The molecule has 1 aliphatic rings. The monoisotopic (exact) mass is 267 g/mol. The SMILES string of the molecule is CCCCC(CCC)Nc1snc(N)c1C1CC1. The van der Waals surface area contributed by atoms with Gasteiger partial charge in [-0.15, -0.1) is 0 Å². The molecular formula is C14H25N3S. The van der Waals surface area contributed by atoms with Gasteiger partial charge in [-0.3, -0.25) is 0 Å². The lowest BCUT2D eigenvalue weighted by Crippen LogP contribution is -2.19. The zero-order valence-corrected chi connectivity index (χ0v) is 12.4. The summed E-state index contributed by atoms with van der Waals surface area (Å²) in [6, 6.07) is 0.590. The minimum Gasteiger partial charge on any atom is -0.383 e. The average Bonchev–Trinajstić information content (AvgIpc) is 3.12. The van der Waals surface area contributed by atoms with E-state index in [0.717, 1.165) is 5.82 Å². The van der Waals surface area contributed by atoms with E-state index in [1.54, 1.807) is 11.5 Å². The van der Waals surface area contributed by atoms with Crippen molar-refractivity contribution in [2.24, 2.45) is 0 Å². The van der Waals surface area contributed by atoms with Gasteiger partial charge in [0.25, 0.3) is 0 Å². The van der Waals surface area contributed by atoms with Crippen molar-refractivity contribution in [3.05, 3.63) is 5.56 Å². The Hall–Kier alpha value is -0.770. The van der Waals surface area contributed by atoms with E-state index in [-0.39, 0.29) is 0 Å². The van der Waals surface area contributed by atoms with Crippen molar-refractivity contribution >= 4 is 22.4 Å². The molecule has 1 aromatic rings. The fraction of sp³-hybridized carbons (Fsp3) is 0.786. The van der Waals surface area contributed by atoms with Gasteiger partial charge in [-0.1, -0.05) is 33.1 Å². The fourth-order valence-electron chi connectivity index (χ4n) is 2.45. The van der Waals surface area contributed by atoms with Crippen LogP contribution in [-0.4, -0.2) is 10.4 Å². The number of anilines is 2. The van der Waals surface area contributed by atoms with Crippen LogP contribution in [-0.2, 0) is 0 Å². The lowest BCUT2D eigenvalue weighted by atomic mass is 10.0. The Morgan fingerprint density at radius 3 is 2.72 bits per heavy atom. The Kier molecular flexibility index (Phi) is 4.87. The van der Waals surface area contributed by atoms with E-state index in [0.29, 0.717) is 12.0 Å². The van der Waals surface area contributed by atoms with Crippen LogP contribution in [0.2, 0.25) is 0 Å². The maximum Gasteiger partial charge on any atom is 0.142 e. The molecule has 102 valence electrons. The van der Waals surface area contributed by atoms with Crippen LogP contribution >= 0.6 is 11.5 Å².